The molecule has 0 unspecified atom stereocenters. The predicted molar refractivity (Wildman–Crippen MR) is 86.6 cm³/mol. The molecule has 3 atom stereocenters. The molecule has 0 bridgehead atoms. The van der Waals surface area contributed by atoms with Crippen LogP contribution in [0.1, 0.15) is 38.3 Å². The van der Waals surface area contributed by atoms with E-state index in [2.05, 4.69) is 14.7 Å². The van der Waals surface area contributed by atoms with Crippen LogP contribution < -0.4 is 4.72 Å². The van der Waals surface area contributed by atoms with Gasteiger partial charge in [0, 0.05) is 18.6 Å². The second kappa shape index (κ2) is 6.51. The number of aliphatic hydroxyl groups is 1. The first-order valence-corrected chi connectivity index (χ1v) is 9.89. The molecule has 3 rings (SSSR count). The van der Waals surface area contributed by atoms with Crippen molar-refractivity contribution >= 4 is 10.0 Å². The van der Waals surface area contributed by atoms with E-state index in [1.165, 1.54) is 6.20 Å². The van der Waals surface area contributed by atoms with Gasteiger partial charge in [-0.3, -0.25) is 9.58 Å². The minimum absolute atomic E-state index is 0.0738. The highest BCUT2D eigenvalue weighted by Crippen LogP contribution is 2.29. The van der Waals surface area contributed by atoms with Crippen molar-refractivity contribution in [2.45, 2.75) is 69.2 Å². The maximum Gasteiger partial charge on any atom is 0.244 e. The Kier molecular flexibility index (Phi) is 4.78. The number of aryl methyl sites for hydroxylation is 1. The maximum atomic E-state index is 12.6. The molecule has 1 saturated heterocycles. The van der Waals surface area contributed by atoms with Crippen LogP contribution in [-0.4, -0.2) is 59.5 Å². The van der Waals surface area contributed by atoms with Gasteiger partial charge in [-0.25, -0.2) is 13.1 Å². The third kappa shape index (κ3) is 3.17. The van der Waals surface area contributed by atoms with Gasteiger partial charge in [-0.2, -0.15) is 5.10 Å². The van der Waals surface area contributed by atoms with Crippen LogP contribution in [0.5, 0.6) is 0 Å². The Morgan fingerprint density at radius 1 is 1.35 bits per heavy atom. The van der Waals surface area contributed by atoms with Crippen molar-refractivity contribution < 1.29 is 13.5 Å². The summed E-state index contributed by atoms with van der Waals surface area (Å²) in [6.07, 6.45) is 4.57. The zero-order chi connectivity index (χ0) is 16.6. The van der Waals surface area contributed by atoms with Crippen LogP contribution in [-0.2, 0) is 16.6 Å². The molecule has 130 valence electrons. The first-order chi connectivity index (χ1) is 10.9. The Hall–Kier alpha value is -0.960. The molecule has 8 heteroatoms. The number of hydrogen-bond donors (Lipinski definition) is 2. The fraction of sp³-hybridized carbons (Fsp3) is 0.800. The Bertz CT molecular complexity index is 652. The third-order valence-corrected chi connectivity index (χ3v) is 6.74. The van der Waals surface area contributed by atoms with E-state index in [1.54, 1.807) is 11.6 Å². The summed E-state index contributed by atoms with van der Waals surface area (Å²) in [6.45, 7) is 6.31. The molecular weight excluding hydrogens is 316 g/mol. The molecule has 1 aromatic heterocycles. The van der Waals surface area contributed by atoms with Gasteiger partial charge in [0.2, 0.25) is 10.0 Å². The van der Waals surface area contributed by atoms with Crippen molar-refractivity contribution in [3.8, 4) is 0 Å². The van der Waals surface area contributed by atoms with E-state index in [4.69, 9.17) is 0 Å². The van der Waals surface area contributed by atoms with Crippen molar-refractivity contribution in [2.24, 2.45) is 0 Å². The maximum absolute atomic E-state index is 12.6. The van der Waals surface area contributed by atoms with Gasteiger partial charge in [-0.15, -0.1) is 0 Å². The Balaban J connectivity index is 1.72. The number of aromatic nitrogens is 2. The highest BCUT2D eigenvalue weighted by molar-refractivity contribution is 7.89. The first kappa shape index (κ1) is 16.9. The van der Waals surface area contributed by atoms with Gasteiger partial charge in [0.1, 0.15) is 4.90 Å². The summed E-state index contributed by atoms with van der Waals surface area (Å²) < 4.78 is 29.6. The number of sulfonamides is 1. The van der Waals surface area contributed by atoms with Gasteiger partial charge in [-0.05, 0) is 52.6 Å². The number of rotatable bonds is 5. The first-order valence-electron chi connectivity index (χ1n) is 8.41. The standard InChI is InChI=1S/C15H26N4O3S/c1-3-19-11(2)14(10-16-19)23(21,22)17-12-6-7-13(15(12)20)18-8-4-5-9-18/h10,12-13,15,17,20H,3-9H2,1-2H3/t12-,13-,15-/m1/s1. The fourth-order valence-corrected chi connectivity index (χ4v) is 5.30. The minimum atomic E-state index is -3.66. The van der Waals surface area contributed by atoms with Gasteiger partial charge in [0.25, 0.3) is 0 Å². The van der Waals surface area contributed by atoms with Crippen LogP contribution >= 0.6 is 0 Å². The van der Waals surface area contributed by atoms with Gasteiger partial charge in [-0.1, -0.05) is 0 Å². The molecule has 7 nitrogen and oxygen atoms in total. The number of nitrogens with one attached hydrogen (secondary N) is 1. The lowest BCUT2D eigenvalue weighted by atomic mass is 10.1. The predicted octanol–water partition coefficient (Wildman–Crippen LogP) is 0.477. The third-order valence-electron chi connectivity index (χ3n) is 5.14. The van der Waals surface area contributed by atoms with Crippen LogP contribution in [0.2, 0.25) is 0 Å². The summed E-state index contributed by atoms with van der Waals surface area (Å²) in [6, 6.07) is -0.348. The SMILES string of the molecule is CCn1ncc(S(=O)(=O)N[C@@H]2CC[C@@H](N3CCCC3)[C@@H]2O)c1C. The molecule has 1 saturated carbocycles. The molecule has 2 heterocycles. The Labute approximate surface area is 137 Å². The normalized spacial score (nSPS) is 29.4. The van der Waals surface area contributed by atoms with Crippen LogP contribution in [0.3, 0.4) is 0 Å². The number of nitrogens with zero attached hydrogens (tertiary/aromatic N) is 3. The zero-order valence-electron chi connectivity index (χ0n) is 13.8. The number of hydrogen-bond acceptors (Lipinski definition) is 5. The summed E-state index contributed by atoms with van der Waals surface area (Å²) in [5, 5.41) is 14.6. The molecule has 1 aromatic rings. The Morgan fingerprint density at radius 3 is 2.65 bits per heavy atom. The van der Waals surface area contributed by atoms with E-state index in [0.717, 1.165) is 32.4 Å². The lowest BCUT2D eigenvalue weighted by Gasteiger charge is -2.28. The molecule has 2 fully saturated rings. The van der Waals surface area contributed by atoms with Crippen LogP contribution in [0.15, 0.2) is 11.1 Å². The fourth-order valence-electron chi connectivity index (χ4n) is 3.84. The van der Waals surface area contributed by atoms with Crippen molar-refractivity contribution in [1.29, 1.82) is 0 Å². The Morgan fingerprint density at radius 2 is 2.04 bits per heavy atom. The summed E-state index contributed by atoms with van der Waals surface area (Å²) in [4.78, 5) is 2.50. The average Bonchev–Trinajstić information content (AvgIpc) is 3.21. The highest BCUT2D eigenvalue weighted by atomic mass is 32.2. The lowest BCUT2D eigenvalue weighted by Crippen LogP contribution is -2.47. The molecule has 1 aliphatic carbocycles. The highest BCUT2D eigenvalue weighted by Gasteiger charge is 2.41. The number of aliphatic hydroxyl groups excluding tert-OH is 1. The van der Waals surface area contributed by atoms with Gasteiger partial charge in [0.05, 0.1) is 18.0 Å². The summed E-state index contributed by atoms with van der Waals surface area (Å²) in [5.41, 5.74) is 0.628. The van der Waals surface area contributed by atoms with E-state index >= 15 is 0 Å². The summed E-state index contributed by atoms with van der Waals surface area (Å²) >= 11 is 0. The molecule has 0 aromatic carbocycles. The second-order valence-electron chi connectivity index (χ2n) is 6.52. The van der Waals surface area contributed by atoms with E-state index in [9.17, 15) is 13.5 Å². The van der Waals surface area contributed by atoms with E-state index in [-0.39, 0.29) is 10.9 Å². The molecule has 1 aliphatic heterocycles. The molecule has 23 heavy (non-hydrogen) atoms. The summed E-state index contributed by atoms with van der Waals surface area (Å²) in [7, 11) is -3.66. The van der Waals surface area contributed by atoms with Crippen LogP contribution in [0, 0.1) is 6.92 Å². The van der Waals surface area contributed by atoms with Crippen molar-refractivity contribution in [1.82, 2.24) is 19.4 Å². The monoisotopic (exact) mass is 342 g/mol. The van der Waals surface area contributed by atoms with Gasteiger partial charge >= 0.3 is 0 Å². The molecule has 2 N–H and O–H groups in total. The van der Waals surface area contributed by atoms with Crippen molar-refractivity contribution in [2.75, 3.05) is 13.1 Å². The quantitative estimate of drug-likeness (QED) is 0.813. The lowest BCUT2D eigenvalue weighted by molar-refractivity contribution is 0.0725. The van der Waals surface area contributed by atoms with E-state index in [0.29, 0.717) is 18.7 Å². The largest absolute Gasteiger partial charge is 0.390 e. The van der Waals surface area contributed by atoms with E-state index < -0.39 is 22.2 Å². The van der Waals surface area contributed by atoms with E-state index in [1.807, 2.05) is 6.92 Å². The van der Waals surface area contributed by atoms with Crippen LogP contribution in [0.25, 0.3) is 0 Å². The molecule has 0 amide bonds. The molecule has 2 aliphatic rings. The second-order valence-corrected chi connectivity index (χ2v) is 8.20. The zero-order valence-corrected chi connectivity index (χ0v) is 14.6. The average molecular weight is 342 g/mol. The molecule has 0 spiro atoms. The smallest absolute Gasteiger partial charge is 0.244 e. The van der Waals surface area contributed by atoms with Gasteiger partial charge < -0.3 is 5.11 Å². The molecular formula is C15H26N4O3S. The van der Waals surface area contributed by atoms with Crippen molar-refractivity contribution in [3.05, 3.63) is 11.9 Å². The number of likely N-dealkylation sites (tertiary alicyclic amines) is 1. The molecule has 0 radical (unpaired) electrons. The van der Waals surface area contributed by atoms with Crippen molar-refractivity contribution in [3.63, 3.8) is 0 Å². The van der Waals surface area contributed by atoms with Gasteiger partial charge in [0.15, 0.2) is 0 Å². The topological polar surface area (TPSA) is 87.5 Å². The summed E-state index contributed by atoms with van der Waals surface area (Å²) in [5.74, 6) is 0. The minimum Gasteiger partial charge on any atom is -0.390 e. The van der Waals surface area contributed by atoms with Crippen LogP contribution in [0.4, 0.5) is 0 Å².